The van der Waals surface area contributed by atoms with Gasteiger partial charge in [-0.05, 0) is 25.7 Å². The first-order valence-electron chi connectivity index (χ1n) is 6.73. The van der Waals surface area contributed by atoms with Crippen LogP contribution in [0.5, 0.6) is 0 Å². The monoisotopic (exact) mass is 271 g/mol. The Labute approximate surface area is 116 Å². The molecule has 0 aromatic carbocycles. The number of nitrogens with one attached hydrogen (secondary N) is 2. The van der Waals surface area contributed by atoms with Crippen molar-refractivity contribution in [3.8, 4) is 0 Å². The largest absolute Gasteiger partial charge is 0.359 e. The van der Waals surface area contributed by atoms with Crippen LogP contribution >= 0.6 is 0 Å². The lowest BCUT2D eigenvalue weighted by Gasteiger charge is -2.27. The summed E-state index contributed by atoms with van der Waals surface area (Å²) in [6.45, 7) is 10.5. The molecule has 112 valence electrons. The maximum absolute atomic E-state index is 12.1. The molecule has 0 aliphatic rings. The number of amides is 2. The fourth-order valence-electron chi connectivity index (χ4n) is 1.89. The normalized spacial score (nSPS) is 13.8. The minimum absolute atomic E-state index is 0.0533. The first-order chi connectivity index (χ1) is 8.53. The molecular weight excluding hydrogens is 242 g/mol. The van der Waals surface area contributed by atoms with Crippen LogP contribution in [0.2, 0.25) is 0 Å². The summed E-state index contributed by atoms with van der Waals surface area (Å²) in [5.41, 5.74) is 5.10. The maximum Gasteiger partial charge on any atom is 0.227 e. The SMILES string of the molecule is CNC(=O)C(C)(C)CNC(=O)C(CN)CC(C)(C)C. The molecule has 0 aromatic rings. The zero-order valence-corrected chi connectivity index (χ0v) is 13.1. The van der Waals surface area contributed by atoms with Crippen LogP contribution < -0.4 is 16.4 Å². The highest BCUT2D eigenvalue weighted by atomic mass is 16.2. The van der Waals surface area contributed by atoms with Gasteiger partial charge in [-0.1, -0.05) is 20.8 Å². The van der Waals surface area contributed by atoms with E-state index in [1.165, 1.54) is 0 Å². The summed E-state index contributed by atoms with van der Waals surface area (Å²) in [7, 11) is 1.59. The van der Waals surface area contributed by atoms with Crippen LogP contribution in [0.4, 0.5) is 0 Å². The smallest absolute Gasteiger partial charge is 0.227 e. The summed E-state index contributed by atoms with van der Waals surface area (Å²) >= 11 is 0. The van der Waals surface area contributed by atoms with Crippen LogP contribution in [-0.2, 0) is 9.59 Å². The first-order valence-corrected chi connectivity index (χ1v) is 6.73. The minimum Gasteiger partial charge on any atom is -0.359 e. The van der Waals surface area contributed by atoms with Crippen LogP contribution in [0.3, 0.4) is 0 Å². The molecule has 1 atom stereocenters. The standard InChI is InChI=1S/C14H29N3O2/c1-13(2,3)7-10(8-15)11(18)17-9-14(4,5)12(19)16-6/h10H,7-9,15H2,1-6H3,(H,16,19)(H,17,18). The number of hydrogen-bond donors (Lipinski definition) is 3. The van der Waals surface area contributed by atoms with Crippen molar-refractivity contribution in [2.75, 3.05) is 20.1 Å². The molecule has 4 N–H and O–H groups in total. The van der Waals surface area contributed by atoms with Crippen LogP contribution in [0, 0.1) is 16.7 Å². The van der Waals surface area contributed by atoms with Crippen molar-refractivity contribution in [3.63, 3.8) is 0 Å². The maximum atomic E-state index is 12.1. The third-order valence-corrected chi connectivity index (χ3v) is 3.06. The van der Waals surface area contributed by atoms with Crippen LogP contribution in [0.15, 0.2) is 0 Å². The second kappa shape index (κ2) is 6.89. The molecular formula is C14H29N3O2. The van der Waals surface area contributed by atoms with Gasteiger partial charge in [0.05, 0.1) is 11.3 Å². The lowest BCUT2D eigenvalue weighted by molar-refractivity contribution is -0.130. The van der Waals surface area contributed by atoms with Gasteiger partial charge in [0.15, 0.2) is 0 Å². The average Bonchev–Trinajstić information content (AvgIpc) is 2.30. The van der Waals surface area contributed by atoms with Crippen molar-refractivity contribution >= 4 is 11.8 Å². The van der Waals surface area contributed by atoms with Crippen molar-refractivity contribution in [1.29, 1.82) is 0 Å². The Kier molecular flexibility index (Phi) is 6.49. The molecule has 1 unspecified atom stereocenters. The number of carbonyl (C=O) groups excluding carboxylic acids is 2. The minimum atomic E-state index is -0.620. The predicted molar refractivity (Wildman–Crippen MR) is 77.5 cm³/mol. The Morgan fingerprint density at radius 3 is 2.05 bits per heavy atom. The Morgan fingerprint density at radius 1 is 1.16 bits per heavy atom. The molecule has 19 heavy (non-hydrogen) atoms. The second-order valence-corrected chi connectivity index (χ2v) is 6.88. The van der Waals surface area contributed by atoms with E-state index in [2.05, 4.69) is 31.4 Å². The summed E-state index contributed by atoms with van der Waals surface area (Å²) < 4.78 is 0. The zero-order valence-electron chi connectivity index (χ0n) is 13.1. The van der Waals surface area contributed by atoms with E-state index in [0.717, 1.165) is 6.42 Å². The number of hydrogen-bond acceptors (Lipinski definition) is 3. The average molecular weight is 271 g/mol. The van der Waals surface area contributed by atoms with Crippen molar-refractivity contribution in [2.45, 2.75) is 41.0 Å². The number of rotatable bonds is 6. The lowest BCUT2D eigenvalue weighted by atomic mass is 9.84. The first kappa shape index (κ1) is 17.9. The van der Waals surface area contributed by atoms with Gasteiger partial charge in [0.2, 0.25) is 11.8 Å². The molecule has 0 saturated heterocycles. The molecule has 0 aliphatic carbocycles. The van der Waals surface area contributed by atoms with E-state index < -0.39 is 5.41 Å². The van der Waals surface area contributed by atoms with Gasteiger partial charge in [-0.25, -0.2) is 0 Å². The van der Waals surface area contributed by atoms with Gasteiger partial charge in [0, 0.05) is 20.1 Å². The molecule has 0 saturated carbocycles. The Balaban J connectivity index is 4.48. The van der Waals surface area contributed by atoms with Crippen LogP contribution in [0.25, 0.3) is 0 Å². The fourth-order valence-corrected chi connectivity index (χ4v) is 1.89. The van der Waals surface area contributed by atoms with Crippen molar-refractivity contribution in [1.82, 2.24) is 10.6 Å². The van der Waals surface area contributed by atoms with Crippen molar-refractivity contribution in [3.05, 3.63) is 0 Å². The molecule has 0 bridgehead atoms. The molecule has 0 fully saturated rings. The molecule has 2 amide bonds. The topological polar surface area (TPSA) is 84.2 Å². The van der Waals surface area contributed by atoms with Gasteiger partial charge in [0.25, 0.3) is 0 Å². The fraction of sp³-hybridized carbons (Fsp3) is 0.857. The van der Waals surface area contributed by atoms with Gasteiger partial charge < -0.3 is 16.4 Å². The van der Waals surface area contributed by atoms with Gasteiger partial charge in [-0.3, -0.25) is 9.59 Å². The Bertz CT molecular complexity index is 319. The molecule has 0 rings (SSSR count). The summed E-state index contributed by atoms with van der Waals surface area (Å²) in [6, 6.07) is 0. The van der Waals surface area contributed by atoms with Crippen LogP contribution in [0.1, 0.15) is 41.0 Å². The molecule has 0 radical (unpaired) electrons. The summed E-state index contributed by atoms with van der Waals surface area (Å²) in [6.07, 6.45) is 0.732. The Morgan fingerprint density at radius 2 is 1.68 bits per heavy atom. The predicted octanol–water partition coefficient (Wildman–Crippen LogP) is 0.886. The van der Waals surface area contributed by atoms with Gasteiger partial charge in [-0.15, -0.1) is 0 Å². The van der Waals surface area contributed by atoms with E-state index in [4.69, 9.17) is 5.73 Å². The van der Waals surface area contributed by atoms with E-state index >= 15 is 0 Å². The summed E-state index contributed by atoms with van der Waals surface area (Å²) in [4.78, 5) is 23.7. The van der Waals surface area contributed by atoms with E-state index in [0.29, 0.717) is 13.1 Å². The van der Waals surface area contributed by atoms with Crippen molar-refractivity contribution in [2.24, 2.45) is 22.5 Å². The van der Waals surface area contributed by atoms with E-state index in [1.54, 1.807) is 20.9 Å². The van der Waals surface area contributed by atoms with Crippen LogP contribution in [-0.4, -0.2) is 32.0 Å². The molecule has 0 aliphatic heterocycles. The quantitative estimate of drug-likeness (QED) is 0.670. The highest BCUT2D eigenvalue weighted by molar-refractivity contribution is 5.83. The molecule has 0 aromatic heterocycles. The van der Waals surface area contributed by atoms with Gasteiger partial charge in [0.1, 0.15) is 0 Å². The summed E-state index contributed by atoms with van der Waals surface area (Å²) in [5, 5.41) is 5.43. The zero-order chi connectivity index (χ0) is 15.3. The number of nitrogens with two attached hydrogens (primary N) is 1. The number of carbonyl (C=O) groups is 2. The Hall–Kier alpha value is -1.10. The van der Waals surface area contributed by atoms with E-state index in [1.807, 2.05) is 0 Å². The molecule has 5 nitrogen and oxygen atoms in total. The molecule has 0 spiro atoms. The van der Waals surface area contributed by atoms with E-state index in [9.17, 15) is 9.59 Å². The van der Waals surface area contributed by atoms with Crippen molar-refractivity contribution < 1.29 is 9.59 Å². The van der Waals surface area contributed by atoms with Gasteiger partial charge in [-0.2, -0.15) is 0 Å². The third kappa shape index (κ3) is 6.57. The highest BCUT2D eigenvalue weighted by Gasteiger charge is 2.29. The van der Waals surface area contributed by atoms with Gasteiger partial charge >= 0.3 is 0 Å². The second-order valence-electron chi connectivity index (χ2n) is 6.88. The molecule has 0 heterocycles. The third-order valence-electron chi connectivity index (χ3n) is 3.06. The summed E-state index contributed by atoms with van der Waals surface area (Å²) in [5.74, 6) is -0.372. The highest BCUT2D eigenvalue weighted by Crippen LogP contribution is 2.24. The molecule has 5 heteroatoms. The van der Waals surface area contributed by atoms with E-state index in [-0.39, 0.29) is 23.1 Å². The lowest BCUT2D eigenvalue weighted by Crippen LogP contribution is -2.46.